The summed E-state index contributed by atoms with van der Waals surface area (Å²) in [6.07, 6.45) is 0.246. The van der Waals surface area contributed by atoms with Crippen molar-refractivity contribution in [3.63, 3.8) is 0 Å². The van der Waals surface area contributed by atoms with Crippen molar-refractivity contribution in [1.29, 1.82) is 0 Å². The van der Waals surface area contributed by atoms with Crippen LogP contribution in [-0.4, -0.2) is 42.2 Å². The van der Waals surface area contributed by atoms with Crippen LogP contribution < -0.4 is 4.90 Å². The van der Waals surface area contributed by atoms with Crippen molar-refractivity contribution in [3.05, 3.63) is 39.9 Å². The highest BCUT2D eigenvalue weighted by Gasteiger charge is 2.12. The summed E-state index contributed by atoms with van der Waals surface area (Å²) in [6.45, 7) is 2.75. The zero-order chi connectivity index (χ0) is 18.7. The van der Waals surface area contributed by atoms with Crippen molar-refractivity contribution in [2.75, 3.05) is 29.7 Å². The Kier molecular flexibility index (Phi) is 10.0. The van der Waals surface area contributed by atoms with E-state index in [4.69, 9.17) is 27.9 Å². The van der Waals surface area contributed by atoms with Gasteiger partial charge < -0.3 is 9.64 Å². The molecule has 7 nitrogen and oxygen atoms in total. The predicted molar refractivity (Wildman–Crippen MR) is 96.7 cm³/mol. The van der Waals surface area contributed by atoms with Crippen molar-refractivity contribution >= 4 is 34.9 Å². The number of carbonyl (C=O) groups is 1. The van der Waals surface area contributed by atoms with Crippen LogP contribution in [-0.2, 0) is 20.8 Å². The lowest BCUT2D eigenvalue weighted by Crippen LogP contribution is -2.27. The fourth-order valence-electron chi connectivity index (χ4n) is 2.27. The number of ether oxygens (including phenoxy) is 1. The first-order valence-corrected chi connectivity index (χ1v) is 8.99. The van der Waals surface area contributed by atoms with Gasteiger partial charge in [0.15, 0.2) is 0 Å². The van der Waals surface area contributed by atoms with E-state index in [1.165, 1.54) is 6.92 Å². The number of esters is 1. The molecule has 1 unspecified atom stereocenters. The number of alkyl halides is 2. The minimum absolute atomic E-state index is 0.164. The third-order valence-electron chi connectivity index (χ3n) is 3.39. The van der Waals surface area contributed by atoms with Gasteiger partial charge in [0.1, 0.15) is 0 Å². The second-order valence-electron chi connectivity index (χ2n) is 5.27. The molecular weight excluding hydrogens is 371 g/mol. The van der Waals surface area contributed by atoms with E-state index >= 15 is 0 Å². The summed E-state index contributed by atoms with van der Waals surface area (Å²) in [7, 11) is 0. The van der Waals surface area contributed by atoms with Gasteiger partial charge in [0.05, 0.1) is 0 Å². The number of hydrogen-bond acceptors (Lipinski definition) is 6. The van der Waals surface area contributed by atoms with E-state index in [0.717, 1.165) is 24.3 Å². The minimum atomic E-state index is -1.20. The molecule has 9 heteroatoms. The van der Waals surface area contributed by atoms with Gasteiger partial charge in [-0.1, -0.05) is 12.1 Å². The summed E-state index contributed by atoms with van der Waals surface area (Å²) in [5, 5.41) is 9.13. The SMILES string of the molecule is CC(OC(=O)CCCc1ccc(N(CCCl)CCCl)cc1)O[N+](=O)[O-]. The molecule has 0 saturated heterocycles. The maximum Gasteiger partial charge on any atom is 0.307 e. The van der Waals surface area contributed by atoms with E-state index in [2.05, 4.69) is 9.74 Å². The number of anilines is 1. The molecule has 0 N–H and O–H groups in total. The summed E-state index contributed by atoms with van der Waals surface area (Å²) in [6, 6.07) is 7.99. The Bertz CT molecular complexity index is 536. The van der Waals surface area contributed by atoms with Crippen LogP contribution in [0.25, 0.3) is 0 Å². The molecule has 0 amide bonds. The average Bonchev–Trinajstić information content (AvgIpc) is 2.54. The smallest absolute Gasteiger partial charge is 0.307 e. The van der Waals surface area contributed by atoms with Gasteiger partial charge in [-0.05, 0) is 37.5 Å². The largest absolute Gasteiger partial charge is 0.435 e. The first kappa shape index (κ1) is 21.3. The average molecular weight is 393 g/mol. The monoisotopic (exact) mass is 392 g/mol. The second-order valence-corrected chi connectivity index (χ2v) is 6.03. The van der Waals surface area contributed by atoms with Gasteiger partial charge in [-0.2, -0.15) is 0 Å². The molecule has 1 aromatic rings. The molecule has 0 aliphatic carbocycles. The Morgan fingerprint density at radius 3 is 2.36 bits per heavy atom. The molecular formula is C16H22Cl2N2O5. The number of halogens is 2. The van der Waals surface area contributed by atoms with E-state index in [-0.39, 0.29) is 6.42 Å². The van der Waals surface area contributed by atoms with E-state index in [0.29, 0.717) is 24.6 Å². The molecule has 0 spiro atoms. The zero-order valence-electron chi connectivity index (χ0n) is 14.0. The van der Waals surface area contributed by atoms with Crippen molar-refractivity contribution in [2.24, 2.45) is 0 Å². The lowest BCUT2D eigenvalue weighted by Gasteiger charge is -2.23. The molecule has 1 rings (SSSR count). The van der Waals surface area contributed by atoms with E-state index in [1.807, 2.05) is 24.3 Å². The summed E-state index contributed by atoms with van der Waals surface area (Å²) in [5.74, 6) is 0.528. The van der Waals surface area contributed by atoms with E-state index < -0.39 is 17.3 Å². The third kappa shape index (κ3) is 8.79. The standard InChI is InChI=1S/C16H22Cl2N2O5/c1-13(25-20(22)23)24-16(21)4-2-3-14-5-7-15(8-6-14)19(11-9-17)12-10-18/h5-8,13H,2-4,9-12H2,1H3. The molecule has 0 heterocycles. The molecule has 0 aromatic heterocycles. The van der Waals surface area contributed by atoms with Gasteiger partial charge in [0.25, 0.3) is 5.09 Å². The number of aryl methyl sites for hydroxylation is 1. The highest BCUT2D eigenvalue weighted by molar-refractivity contribution is 6.18. The number of nitrogens with zero attached hydrogens (tertiary/aromatic N) is 2. The molecule has 25 heavy (non-hydrogen) atoms. The van der Waals surface area contributed by atoms with Crippen LogP contribution in [0, 0.1) is 10.1 Å². The summed E-state index contributed by atoms with van der Waals surface area (Å²) in [5.41, 5.74) is 2.14. The molecule has 0 aliphatic heterocycles. The molecule has 0 bridgehead atoms. The van der Waals surface area contributed by atoms with Gasteiger partial charge in [-0.15, -0.1) is 33.3 Å². The Hall–Kier alpha value is -1.73. The van der Waals surface area contributed by atoms with Crippen molar-refractivity contribution in [2.45, 2.75) is 32.5 Å². The molecule has 0 saturated carbocycles. The van der Waals surface area contributed by atoms with Crippen LogP contribution in [0.3, 0.4) is 0 Å². The molecule has 140 valence electrons. The van der Waals surface area contributed by atoms with Crippen LogP contribution in [0.5, 0.6) is 0 Å². The molecule has 1 atom stereocenters. The van der Waals surface area contributed by atoms with Gasteiger partial charge in [0, 0.05) is 37.0 Å². The maximum atomic E-state index is 11.6. The number of hydrogen-bond donors (Lipinski definition) is 0. The predicted octanol–water partition coefficient (Wildman–Crippen LogP) is 3.39. The van der Waals surface area contributed by atoms with Crippen LogP contribution in [0.1, 0.15) is 25.3 Å². The second kappa shape index (κ2) is 11.8. The summed E-state index contributed by atoms with van der Waals surface area (Å²) in [4.78, 5) is 27.9. The molecule has 1 aromatic carbocycles. The first-order chi connectivity index (χ1) is 12.0. The lowest BCUT2D eigenvalue weighted by molar-refractivity contribution is -0.777. The van der Waals surface area contributed by atoms with Crippen LogP contribution >= 0.6 is 23.2 Å². The number of rotatable bonds is 12. The van der Waals surface area contributed by atoms with Gasteiger partial charge in [-0.3, -0.25) is 9.63 Å². The van der Waals surface area contributed by atoms with Gasteiger partial charge in [-0.25, -0.2) is 0 Å². The van der Waals surface area contributed by atoms with Gasteiger partial charge in [0.2, 0.25) is 6.29 Å². The quantitative estimate of drug-likeness (QED) is 0.178. The van der Waals surface area contributed by atoms with E-state index in [1.54, 1.807) is 0 Å². The van der Waals surface area contributed by atoms with Gasteiger partial charge >= 0.3 is 5.97 Å². The molecule has 0 radical (unpaired) electrons. The Morgan fingerprint density at radius 2 is 1.84 bits per heavy atom. The topological polar surface area (TPSA) is 81.9 Å². The van der Waals surface area contributed by atoms with E-state index in [9.17, 15) is 14.9 Å². The highest BCUT2D eigenvalue weighted by Crippen LogP contribution is 2.17. The van der Waals surface area contributed by atoms with Crippen molar-refractivity contribution < 1.29 is 19.5 Å². The van der Waals surface area contributed by atoms with Crippen molar-refractivity contribution in [3.8, 4) is 0 Å². The molecule has 0 fully saturated rings. The Morgan fingerprint density at radius 1 is 1.24 bits per heavy atom. The number of carbonyl (C=O) groups excluding carboxylic acids is 1. The Balaban J connectivity index is 2.40. The zero-order valence-corrected chi connectivity index (χ0v) is 15.5. The minimum Gasteiger partial charge on any atom is -0.435 e. The molecule has 0 aliphatic rings. The fourth-order valence-corrected chi connectivity index (χ4v) is 2.68. The van der Waals surface area contributed by atoms with Crippen LogP contribution in [0.2, 0.25) is 0 Å². The summed E-state index contributed by atoms with van der Waals surface area (Å²) < 4.78 is 4.77. The third-order valence-corrected chi connectivity index (χ3v) is 3.73. The maximum absolute atomic E-state index is 11.6. The van der Waals surface area contributed by atoms with Crippen molar-refractivity contribution in [1.82, 2.24) is 0 Å². The highest BCUT2D eigenvalue weighted by atomic mass is 35.5. The normalized spacial score (nSPS) is 11.6. The summed E-state index contributed by atoms with van der Waals surface area (Å²) >= 11 is 11.6. The first-order valence-electron chi connectivity index (χ1n) is 7.92. The Labute approximate surface area is 156 Å². The lowest BCUT2D eigenvalue weighted by atomic mass is 10.1. The van der Waals surface area contributed by atoms with Crippen LogP contribution in [0.15, 0.2) is 24.3 Å². The number of benzene rings is 1. The fraction of sp³-hybridized carbons (Fsp3) is 0.562. The van der Waals surface area contributed by atoms with Crippen LogP contribution in [0.4, 0.5) is 5.69 Å².